The molecule has 0 aliphatic carbocycles. The molecule has 118 valence electrons. The molecule has 0 radical (unpaired) electrons. The maximum Gasteiger partial charge on any atom is 0.263 e. The number of amides is 1. The molecule has 0 fully saturated rings. The zero-order valence-corrected chi connectivity index (χ0v) is 13.3. The second-order valence-electron chi connectivity index (χ2n) is 5.23. The highest BCUT2D eigenvalue weighted by molar-refractivity contribution is 7.13. The average Bonchev–Trinajstić information content (AvgIpc) is 3.24. The molecule has 0 atom stereocenters. The summed E-state index contributed by atoms with van der Waals surface area (Å²) in [7, 11) is 0. The minimum absolute atomic E-state index is 0.0103. The molecule has 5 nitrogen and oxygen atoms in total. The van der Waals surface area contributed by atoms with Gasteiger partial charge in [0.25, 0.3) is 5.91 Å². The van der Waals surface area contributed by atoms with E-state index in [1.807, 2.05) is 60.0 Å². The smallest absolute Gasteiger partial charge is 0.263 e. The zero-order chi connectivity index (χ0) is 16.5. The monoisotopic (exact) mass is 335 g/mol. The van der Waals surface area contributed by atoms with Crippen molar-refractivity contribution in [3.05, 3.63) is 65.5 Å². The molecule has 0 saturated heterocycles. The van der Waals surface area contributed by atoms with Crippen LogP contribution in [0, 0.1) is 0 Å². The number of fused-ring (bicyclic) bond motifs is 1. The normalized spacial score (nSPS) is 10.8. The number of hydrogen-bond acceptors (Lipinski definition) is 5. The van der Waals surface area contributed by atoms with E-state index >= 15 is 0 Å². The number of rotatable bonds is 3. The van der Waals surface area contributed by atoms with Gasteiger partial charge in [-0.05, 0) is 22.9 Å². The Morgan fingerprint density at radius 2 is 1.92 bits per heavy atom. The Morgan fingerprint density at radius 3 is 2.75 bits per heavy atom. The van der Waals surface area contributed by atoms with Gasteiger partial charge < -0.3 is 15.6 Å². The SMILES string of the molecule is Nc1onc(-c2cccs2)c1C(=O)Nc1cccc2ccccc12. The van der Waals surface area contributed by atoms with Crippen LogP contribution in [0.1, 0.15) is 10.4 Å². The van der Waals surface area contributed by atoms with Crippen molar-refractivity contribution in [3.63, 3.8) is 0 Å². The second kappa shape index (κ2) is 5.82. The molecule has 4 aromatic rings. The van der Waals surface area contributed by atoms with Gasteiger partial charge in [-0.25, -0.2) is 0 Å². The molecule has 0 aliphatic heterocycles. The van der Waals surface area contributed by atoms with Crippen LogP contribution in [0.15, 0.2) is 64.5 Å². The lowest BCUT2D eigenvalue weighted by Crippen LogP contribution is -2.14. The Kier molecular flexibility index (Phi) is 3.51. The first-order valence-corrected chi connectivity index (χ1v) is 8.20. The van der Waals surface area contributed by atoms with Crippen molar-refractivity contribution in [2.24, 2.45) is 0 Å². The summed E-state index contributed by atoms with van der Waals surface area (Å²) in [5, 5.41) is 10.8. The minimum atomic E-state index is -0.339. The van der Waals surface area contributed by atoms with Crippen LogP contribution >= 0.6 is 11.3 Å². The lowest BCUT2D eigenvalue weighted by atomic mass is 10.1. The van der Waals surface area contributed by atoms with Gasteiger partial charge in [0.15, 0.2) is 0 Å². The van der Waals surface area contributed by atoms with Gasteiger partial charge in [0, 0.05) is 11.1 Å². The van der Waals surface area contributed by atoms with Crippen LogP contribution in [0.2, 0.25) is 0 Å². The summed E-state index contributed by atoms with van der Waals surface area (Å²) in [6.45, 7) is 0. The molecule has 0 saturated carbocycles. The molecule has 0 spiro atoms. The molecule has 1 amide bonds. The number of hydrogen-bond donors (Lipinski definition) is 2. The molecule has 0 aliphatic rings. The summed E-state index contributed by atoms with van der Waals surface area (Å²) in [4.78, 5) is 13.6. The Balaban J connectivity index is 1.74. The second-order valence-corrected chi connectivity index (χ2v) is 6.18. The Morgan fingerprint density at radius 1 is 1.08 bits per heavy atom. The van der Waals surface area contributed by atoms with Crippen LogP contribution in [0.5, 0.6) is 0 Å². The number of nitrogens with zero attached hydrogens (tertiary/aromatic N) is 1. The van der Waals surface area contributed by atoms with E-state index in [0.29, 0.717) is 5.69 Å². The summed E-state index contributed by atoms with van der Waals surface area (Å²) >= 11 is 1.47. The Labute approximate surface area is 141 Å². The van der Waals surface area contributed by atoms with Crippen molar-refractivity contribution in [1.29, 1.82) is 0 Å². The largest absolute Gasteiger partial charge is 0.367 e. The molecule has 6 heteroatoms. The zero-order valence-electron chi connectivity index (χ0n) is 12.5. The molecule has 2 aromatic carbocycles. The molecule has 2 aromatic heterocycles. The third-order valence-corrected chi connectivity index (χ3v) is 4.61. The highest BCUT2D eigenvalue weighted by Crippen LogP contribution is 2.31. The van der Waals surface area contributed by atoms with E-state index < -0.39 is 0 Å². The number of thiophene rings is 1. The number of nitrogen functional groups attached to an aromatic ring is 1. The first-order chi connectivity index (χ1) is 11.7. The van der Waals surface area contributed by atoms with E-state index in [1.165, 1.54) is 11.3 Å². The quantitative estimate of drug-likeness (QED) is 0.582. The van der Waals surface area contributed by atoms with Gasteiger partial charge in [-0.1, -0.05) is 47.6 Å². The van der Waals surface area contributed by atoms with Crippen LogP contribution in [-0.2, 0) is 0 Å². The van der Waals surface area contributed by atoms with Crippen LogP contribution < -0.4 is 11.1 Å². The fourth-order valence-electron chi connectivity index (χ4n) is 2.62. The highest BCUT2D eigenvalue weighted by Gasteiger charge is 2.23. The van der Waals surface area contributed by atoms with E-state index in [9.17, 15) is 4.79 Å². The summed E-state index contributed by atoms with van der Waals surface area (Å²) in [5.41, 5.74) is 7.26. The first kappa shape index (κ1) is 14.5. The Bertz CT molecular complexity index is 1020. The summed E-state index contributed by atoms with van der Waals surface area (Å²) in [5.74, 6) is -0.329. The van der Waals surface area contributed by atoms with E-state index in [1.54, 1.807) is 0 Å². The Hall–Kier alpha value is -3.12. The van der Waals surface area contributed by atoms with Gasteiger partial charge in [0.05, 0.1) is 4.88 Å². The summed E-state index contributed by atoms with van der Waals surface area (Å²) in [6, 6.07) is 17.4. The highest BCUT2D eigenvalue weighted by atomic mass is 32.1. The predicted molar refractivity (Wildman–Crippen MR) is 96.1 cm³/mol. The van der Waals surface area contributed by atoms with E-state index in [0.717, 1.165) is 21.3 Å². The van der Waals surface area contributed by atoms with E-state index in [4.69, 9.17) is 10.3 Å². The number of anilines is 2. The third kappa shape index (κ3) is 2.43. The molecule has 2 heterocycles. The summed E-state index contributed by atoms with van der Waals surface area (Å²) < 4.78 is 5.04. The van der Waals surface area contributed by atoms with E-state index in [-0.39, 0.29) is 17.4 Å². The van der Waals surface area contributed by atoms with Gasteiger partial charge in [-0.3, -0.25) is 4.79 Å². The topological polar surface area (TPSA) is 81.2 Å². The van der Waals surface area contributed by atoms with Gasteiger partial charge in [0.2, 0.25) is 5.88 Å². The van der Waals surface area contributed by atoms with Crippen molar-refractivity contribution >= 4 is 39.6 Å². The molecule has 0 bridgehead atoms. The number of carbonyl (C=O) groups is 1. The van der Waals surface area contributed by atoms with Crippen molar-refractivity contribution in [3.8, 4) is 10.6 Å². The summed E-state index contributed by atoms with van der Waals surface area (Å²) in [6.07, 6.45) is 0. The van der Waals surface area contributed by atoms with Crippen molar-refractivity contribution < 1.29 is 9.32 Å². The number of nitrogens with two attached hydrogens (primary N) is 1. The number of aromatic nitrogens is 1. The van der Waals surface area contributed by atoms with Gasteiger partial charge in [0.1, 0.15) is 11.3 Å². The van der Waals surface area contributed by atoms with Crippen LogP contribution in [0.3, 0.4) is 0 Å². The molecule has 3 N–H and O–H groups in total. The maximum atomic E-state index is 12.8. The lowest BCUT2D eigenvalue weighted by Gasteiger charge is -2.08. The number of nitrogens with one attached hydrogen (secondary N) is 1. The van der Waals surface area contributed by atoms with Crippen molar-refractivity contribution in [2.45, 2.75) is 0 Å². The molecule has 24 heavy (non-hydrogen) atoms. The fourth-order valence-corrected chi connectivity index (χ4v) is 3.33. The molecular weight excluding hydrogens is 322 g/mol. The van der Waals surface area contributed by atoms with E-state index in [2.05, 4.69) is 10.5 Å². The number of benzene rings is 2. The van der Waals surface area contributed by atoms with Gasteiger partial charge in [-0.15, -0.1) is 11.3 Å². The average molecular weight is 335 g/mol. The van der Waals surface area contributed by atoms with Gasteiger partial charge in [-0.2, -0.15) is 0 Å². The van der Waals surface area contributed by atoms with Crippen molar-refractivity contribution in [2.75, 3.05) is 11.1 Å². The molecule has 0 unspecified atom stereocenters. The van der Waals surface area contributed by atoms with Crippen molar-refractivity contribution in [1.82, 2.24) is 5.16 Å². The fraction of sp³-hybridized carbons (Fsp3) is 0. The lowest BCUT2D eigenvalue weighted by molar-refractivity contribution is 0.102. The molecule has 4 rings (SSSR count). The van der Waals surface area contributed by atoms with Crippen LogP contribution in [-0.4, -0.2) is 11.1 Å². The first-order valence-electron chi connectivity index (χ1n) is 7.32. The minimum Gasteiger partial charge on any atom is -0.367 e. The number of carbonyl (C=O) groups excluding carboxylic acids is 1. The standard InChI is InChI=1S/C18H13N3O2S/c19-17-15(16(21-23-17)14-9-4-10-24-14)18(22)20-13-8-3-6-11-5-1-2-7-12(11)13/h1-10H,19H2,(H,20,22). The molecular formula is C18H13N3O2S. The van der Waals surface area contributed by atoms with Crippen LogP contribution in [0.25, 0.3) is 21.3 Å². The van der Waals surface area contributed by atoms with Crippen LogP contribution in [0.4, 0.5) is 11.6 Å². The third-order valence-electron chi connectivity index (χ3n) is 3.74. The maximum absolute atomic E-state index is 12.8. The predicted octanol–water partition coefficient (Wildman–Crippen LogP) is 4.39. The van der Waals surface area contributed by atoms with Gasteiger partial charge >= 0.3 is 0 Å².